The molecule has 4 rings (SSSR count). The van der Waals surface area contributed by atoms with Crippen LogP contribution in [0.5, 0.6) is 0 Å². The van der Waals surface area contributed by atoms with Crippen molar-refractivity contribution in [2.75, 3.05) is 20.2 Å². The number of halogens is 2. The molecule has 0 saturated heterocycles. The number of ether oxygens (including phenoxy) is 1. The Morgan fingerprint density at radius 3 is 2.70 bits per heavy atom. The number of carbonyl (C=O) groups is 2. The van der Waals surface area contributed by atoms with Crippen LogP contribution in [0.3, 0.4) is 0 Å². The highest BCUT2D eigenvalue weighted by atomic mass is 19.1. The Labute approximate surface area is 132 Å². The van der Waals surface area contributed by atoms with Crippen molar-refractivity contribution in [3.63, 3.8) is 0 Å². The molecule has 2 fully saturated rings. The summed E-state index contributed by atoms with van der Waals surface area (Å²) in [4.78, 5) is 25.5. The molecule has 1 heterocycles. The van der Waals surface area contributed by atoms with Gasteiger partial charge in [-0.1, -0.05) is 6.07 Å². The van der Waals surface area contributed by atoms with Gasteiger partial charge >= 0.3 is 5.97 Å². The Bertz CT molecular complexity index is 714. The second-order valence-electron chi connectivity index (χ2n) is 6.77. The van der Waals surface area contributed by atoms with Gasteiger partial charge in [0.1, 0.15) is 18.5 Å². The van der Waals surface area contributed by atoms with Gasteiger partial charge in [-0.05, 0) is 30.9 Å². The minimum atomic E-state index is -0.979. The molecular formula is C17H17F2NO3. The number of amides is 1. The van der Waals surface area contributed by atoms with Crippen molar-refractivity contribution in [2.45, 2.75) is 36.8 Å². The summed E-state index contributed by atoms with van der Waals surface area (Å²) in [5.74, 6) is -1.65. The third-order valence-corrected chi connectivity index (χ3v) is 5.23. The van der Waals surface area contributed by atoms with Gasteiger partial charge in [0.15, 0.2) is 0 Å². The van der Waals surface area contributed by atoms with Crippen LogP contribution in [0.25, 0.3) is 0 Å². The molecule has 1 amide bonds. The van der Waals surface area contributed by atoms with Crippen molar-refractivity contribution in [1.29, 1.82) is 0 Å². The summed E-state index contributed by atoms with van der Waals surface area (Å²) in [7, 11) is 1.27. The zero-order valence-corrected chi connectivity index (χ0v) is 12.8. The van der Waals surface area contributed by atoms with E-state index in [-0.39, 0.29) is 18.4 Å². The molecule has 6 heteroatoms. The van der Waals surface area contributed by atoms with Gasteiger partial charge in [0.25, 0.3) is 5.91 Å². The van der Waals surface area contributed by atoms with Crippen LogP contribution in [0.1, 0.15) is 46.7 Å². The maximum atomic E-state index is 15.0. The van der Waals surface area contributed by atoms with Crippen LogP contribution >= 0.6 is 0 Å². The summed E-state index contributed by atoms with van der Waals surface area (Å²) >= 11 is 0. The maximum Gasteiger partial charge on any atom is 0.325 e. The zero-order chi connectivity index (χ0) is 16.4. The van der Waals surface area contributed by atoms with Crippen molar-refractivity contribution in [2.24, 2.45) is 0 Å². The number of alkyl halides is 1. The fraction of sp³-hybridized carbons (Fsp3) is 0.529. The van der Waals surface area contributed by atoms with Crippen LogP contribution in [0.4, 0.5) is 8.78 Å². The number of hydrogen-bond acceptors (Lipinski definition) is 3. The van der Waals surface area contributed by atoms with Gasteiger partial charge in [-0.2, -0.15) is 0 Å². The van der Waals surface area contributed by atoms with E-state index in [1.165, 1.54) is 18.1 Å². The van der Waals surface area contributed by atoms with Gasteiger partial charge in [-0.3, -0.25) is 9.59 Å². The topological polar surface area (TPSA) is 46.6 Å². The highest BCUT2D eigenvalue weighted by Gasteiger charge is 2.54. The monoisotopic (exact) mass is 321 g/mol. The first-order chi connectivity index (χ1) is 11.0. The summed E-state index contributed by atoms with van der Waals surface area (Å²) in [5.41, 5.74) is 0.699. The van der Waals surface area contributed by atoms with E-state index in [1.807, 2.05) is 0 Å². The lowest BCUT2D eigenvalue weighted by Crippen LogP contribution is -2.46. The fourth-order valence-corrected chi connectivity index (χ4v) is 3.65. The molecular weight excluding hydrogens is 304 g/mol. The summed E-state index contributed by atoms with van der Waals surface area (Å²) in [6.45, 7) is 0.188. The standard InChI is InChI=1S/C17H17F2NO3/c1-23-13(21)7-20-8-17(4-5-17)14-10(16(20)22)3-2-9(15(14)19)11-6-12(11)18/h2-3,11-12H,4-8H2,1H3. The summed E-state index contributed by atoms with van der Waals surface area (Å²) in [6.07, 6.45) is 0.919. The van der Waals surface area contributed by atoms with E-state index in [0.717, 1.165) is 12.8 Å². The SMILES string of the molecule is COC(=O)CN1CC2(CC2)c2c(ccc(C3CC3F)c2F)C1=O. The van der Waals surface area contributed by atoms with Crippen molar-refractivity contribution in [1.82, 2.24) is 4.90 Å². The first-order valence-corrected chi connectivity index (χ1v) is 7.80. The molecule has 23 heavy (non-hydrogen) atoms. The fourth-order valence-electron chi connectivity index (χ4n) is 3.65. The normalized spacial score (nSPS) is 26.9. The van der Waals surface area contributed by atoms with Crippen molar-refractivity contribution in [3.05, 3.63) is 34.6 Å². The average molecular weight is 321 g/mol. The minimum absolute atomic E-state index is 0.130. The highest BCUT2D eigenvalue weighted by Crippen LogP contribution is 2.55. The smallest absolute Gasteiger partial charge is 0.325 e. The molecule has 3 aliphatic rings. The summed E-state index contributed by atoms with van der Waals surface area (Å²) in [6, 6.07) is 3.11. The predicted octanol–water partition coefficient (Wildman–Crippen LogP) is 2.31. The van der Waals surface area contributed by atoms with E-state index in [0.29, 0.717) is 29.7 Å². The van der Waals surface area contributed by atoms with Crippen LogP contribution in [0, 0.1) is 5.82 Å². The van der Waals surface area contributed by atoms with Gasteiger partial charge < -0.3 is 9.64 Å². The van der Waals surface area contributed by atoms with Crippen LogP contribution in [0.15, 0.2) is 12.1 Å². The lowest BCUT2D eigenvalue weighted by Gasteiger charge is -2.34. The van der Waals surface area contributed by atoms with Crippen LogP contribution in [0.2, 0.25) is 0 Å². The summed E-state index contributed by atoms with van der Waals surface area (Å²) in [5, 5.41) is 0. The van der Waals surface area contributed by atoms with Gasteiger partial charge in [0.2, 0.25) is 0 Å². The van der Waals surface area contributed by atoms with Gasteiger partial charge in [0.05, 0.1) is 7.11 Å². The predicted molar refractivity (Wildman–Crippen MR) is 77.5 cm³/mol. The Balaban J connectivity index is 1.74. The second-order valence-corrected chi connectivity index (χ2v) is 6.77. The van der Waals surface area contributed by atoms with Crippen LogP contribution in [-0.4, -0.2) is 43.1 Å². The van der Waals surface area contributed by atoms with E-state index >= 15 is 0 Å². The second kappa shape index (κ2) is 4.76. The van der Waals surface area contributed by atoms with E-state index in [2.05, 4.69) is 4.74 Å². The number of methoxy groups -OCH3 is 1. The molecule has 2 atom stereocenters. The van der Waals surface area contributed by atoms with E-state index in [1.54, 1.807) is 6.07 Å². The Kier molecular flexibility index (Phi) is 3.02. The van der Waals surface area contributed by atoms with E-state index in [9.17, 15) is 18.4 Å². The quantitative estimate of drug-likeness (QED) is 0.803. The molecule has 1 aromatic rings. The third kappa shape index (κ3) is 2.15. The lowest BCUT2D eigenvalue weighted by molar-refractivity contribution is -0.141. The van der Waals surface area contributed by atoms with Crippen molar-refractivity contribution in [3.8, 4) is 0 Å². The third-order valence-electron chi connectivity index (χ3n) is 5.23. The molecule has 122 valence electrons. The highest BCUT2D eigenvalue weighted by molar-refractivity contribution is 5.99. The number of hydrogen-bond donors (Lipinski definition) is 0. The molecule has 4 nitrogen and oxygen atoms in total. The molecule has 2 saturated carbocycles. The number of esters is 1. The number of rotatable bonds is 3. The van der Waals surface area contributed by atoms with E-state index in [4.69, 9.17) is 0 Å². The molecule has 0 bridgehead atoms. The summed E-state index contributed by atoms with van der Waals surface area (Å²) < 4.78 is 32.9. The van der Waals surface area contributed by atoms with Crippen molar-refractivity contribution < 1.29 is 23.1 Å². The van der Waals surface area contributed by atoms with Gasteiger partial charge in [-0.15, -0.1) is 0 Å². The molecule has 2 aliphatic carbocycles. The number of benzene rings is 1. The molecule has 0 aromatic heterocycles. The minimum Gasteiger partial charge on any atom is -0.468 e. The molecule has 2 unspecified atom stereocenters. The molecule has 1 aromatic carbocycles. The number of carbonyl (C=O) groups excluding carboxylic acids is 2. The molecule has 1 spiro atoms. The largest absolute Gasteiger partial charge is 0.468 e. The molecule has 1 aliphatic heterocycles. The number of fused-ring (bicyclic) bond motifs is 2. The molecule has 0 radical (unpaired) electrons. The maximum absolute atomic E-state index is 15.0. The Morgan fingerprint density at radius 2 is 2.13 bits per heavy atom. The lowest BCUT2D eigenvalue weighted by atomic mass is 9.84. The van der Waals surface area contributed by atoms with Gasteiger partial charge in [0, 0.05) is 29.0 Å². The first-order valence-electron chi connectivity index (χ1n) is 7.80. The van der Waals surface area contributed by atoms with Crippen LogP contribution < -0.4 is 0 Å². The number of nitrogens with zero attached hydrogens (tertiary/aromatic N) is 1. The van der Waals surface area contributed by atoms with E-state index < -0.39 is 23.4 Å². The Morgan fingerprint density at radius 1 is 1.43 bits per heavy atom. The zero-order valence-electron chi connectivity index (χ0n) is 12.8. The average Bonchev–Trinajstić information content (AvgIpc) is 3.43. The first kappa shape index (κ1) is 14.6. The molecule has 0 N–H and O–H groups in total. The van der Waals surface area contributed by atoms with Gasteiger partial charge in [-0.25, -0.2) is 8.78 Å². The Hall–Kier alpha value is -1.98. The van der Waals surface area contributed by atoms with Crippen LogP contribution in [-0.2, 0) is 14.9 Å². The van der Waals surface area contributed by atoms with Crippen molar-refractivity contribution >= 4 is 11.9 Å².